The molecule has 0 aliphatic carbocycles. The number of hydrogen-bond acceptors (Lipinski definition) is 4. The van der Waals surface area contributed by atoms with E-state index in [1.54, 1.807) is 33.2 Å². The van der Waals surface area contributed by atoms with Crippen LogP contribution in [-0.4, -0.2) is 27.6 Å². The monoisotopic (exact) mass is 347 g/mol. The fourth-order valence-corrected chi connectivity index (χ4v) is 2.55. The van der Waals surface area contributed by atoms with Crippen LogP contribution in [0.15, 0.2) is 30.6 Å². The number of hydrogen-bond donors (Lipinski definition) is 1. The minimum Gasteiger partial charge on any atom is -0.481 e. The first-order valence-electron chi connectivity index (χ1n) is 8.77. The third-order valence-corrected chi connectivity index (χ3v) is 3.77. The SMILES string of the molecule is CCCC[C@@H](C(=O)O)C(CC=Cc1cccnc1)C(=O)OC(C)(C)C. The number of carboxylic acid groups (broad SMARTS) is 1. The highest BCUT2D eigenvalue weighted by Gasteiger charge is 2.35. The van der Waals surface area contributed by atoms with E-state index in [1.807, 2.05) is 31.2 Å². The number of ether oxygens (including phenoxy) is 1. The number of unbranched alkanes of at least 4 members (excludes halogenated alkanes) is 1. The Morgan fingerprint density at radius 3 is 2.56 bits per heavy atom. The molecule has 0 aromatic carbocycles. The van der Waals surface area contributed by atoms with Crippen molar-refractivity contribution in [3.8, 4) is 0 Å². The molecule has 1 heterocycles. The van der Waals surface area contributed by atoms with Crippen molar-refractivity contribution in [2.24, 2.45) is 11.8 Å². The van der Waals surface area contributed by atoms with Gasteiger partial charge in [-0.25, -0.2) is 0 Å². The zero-order valence-corrected chi connectivity index (χ0v) is 15.6. The van der Waals surface area contributed by atoms with Gasteiger partial charge < -0.3 is 9.84 Å². The van der Waals surface area contributed by atoms with Gasteiger partial charge in [0.2, 0.25) is 0 Å². The molecule has 0 fully saturated rings. The molecule has 1 unspecified atom stereocenters. The van der Waals surface area contributed by atoms with Gasteiger partial charge in [0.05, 0.1) is 11.8 Å². The van der Waals surface area contributed by atoms with E-state index in [1.165, 1.54) is 0 Å². The molecule has 0 saturated carbocycles. The van der Waals surface area contributed by atoms with Crippen molar-refractivity contribution in [1.29, 1.82) is 0 Å². The van der Waals surface area contributed by atoms with Crippen molar-refractivity contribution in [1.82, 2.24) is 4.98 Å². The first kappa shape index (κ1) is 20.9. The number of aliphatic carboxylic acids is 1. The number of carboxylic acids is 1. The van der Waals surface area contributed by atoms with Gasteiger partial charge in [-0.3, -0.25) is 14.6 Å². The topological polar surface area (TPSA) is 76.5 Å². The molecule has 0 amide bonds. The molecule has 138 valence electrons. The maximum Gasteiger partial charge on any atom is 0.310 e. The van der Waals surface area contributed by atoms with E-state index in [-0.39, 0.29) is 0 Å². The molecule has 5 heteroatoms. The number of aromatic nitrogens is 1. The van der Waals surface area contributed by atoms with Crippen LogP contribution in [0.2, 0.25) is 0 Å². The van der Waals surface area contributed by atoms with Crippen molar-refractivity contribution in [2.45, 2.75) is 59.0 Å². The molecule has 25 heavy (non-hydrogen) atoms. The van der Waals surface area contributed by atoms with Gasteiger partial charge in [-0.05, 0) is 45.2 Å². The Balaban J connectivity index is 2.94. The Morgan fingerprint density at radius 1 is 1.32 bits per heavy atom. The van der Waals surface area contributed by atoms with E-state index in [9.17, 15) is 14.7 Å². The van der Waals surface area contributed by atoms with Crippen molar-refractivity contribution in [3.05, 3.63) is 36.2 Å². The van der Waals surface area contributed by atoms with Crippen LogP contribution in [0.5, 0.6) is 0 Å². The second kappa shape index (κ2) is 9.97. The lowest BCUT2D eigenvalue weighted by Crippen LogP contribution is -2.35. The standard InChI is InChI=1S/C20H29NO4/c1-5-6-11-16(18(22)23)17(19(24)25-20(2,3)4)12-7-9-15-10-8-13-21-14-15/h7-10,13-14,16-17H,5-6,11-12H2,1-4H3,(H,22,23)/t16-,17?/m1/s1. The molecule has 0 bridgehead atoms. The molecule has 0 spiro atoms. The minimum atomic E-state index is -0.945. The van der Waals surface area contributed by atoms with E-state index in [4.69, 9.17) is 4.74 Å². The Hall–Kier alpha value is -2.17. The van der Waals surface area contributed by atoms with Gasteiger partial charge in [0.15, 0.2) is 0 Å². The fraction of sp³-hybridized carbons (Fsp3) is 0.550. The Bertz CT molecular complexity index is 575. The normalized spacial score (nSPS) is 14.2. The number of carbonyl (C=O) groups excluding carboxylic acids is 1. The van der Waals surface area contributed by atoms with E-state index in [0.29, 0.717) is 12.8 Å². The molecule has 0 aliphatic rings. The summed E-state index contributed by atoms with van der Waals surface area (Å²) >= 11 is 0. The number of esters is 1. The number of pyridine rings is 1. The molecule has 1 rings (SSSR count). The second-order valence-corrected chi connectivity index (χ2v) is 7.15. The van der Waals surface area contributed by atoms with E-state index < -0.39 is 29.4 Å². The van der Waals surface area contributed by atoms with Crippen LogP contribution in [0.4, 0.5) is 0 Å². The van der Waals surface area contributed by atoms with Gasteiger partial charge in [-0.15, -0.1) is 0 Å². The Kier molecular flexibility index (Phi) is 8.32. The molecule has 0 aliphatic heterocycles. The van der Waals surface area contributed by atoms with Crippen LogP contribution >= 0.6 is 0 Å². The van der Waals surface area contributed by atoms with Gasteiger partial charge in [0.25, 0.3) is 0 Å². The van der Waals surface area contributed by atoms with Gasteiger partial charge in [0, 0.05) is 12.4 Å². The highest BCUT2D eigenvalue weighted by atomic mass is 16.6. The molecule has 1 aromatic rings. The van der Waals surface area contributed by atoms with Crippen LogP contribution in [0, 0.1) is 11.8 Å². The third-order valence-electron chi connectivity index (χ3n) is 3.77. The quantitative estimate of drug-likeness (QED) is 0.673. The molecule has 2 atom stereocenters. The summed E-state index contributed by atoms with van der Waals surface area (Å²) in [5.74, 6) is -2.84. The summed E-state index contributed by atoms with van der Waals surface area (Å²) in [7, 11) is 0. The van der Waals surface area contributed by atoms with Crippen LogP contribution < -0.4 is 0 Å². The van der Waals surface area contributed by atoms with Crippen LogP contribution in [0.1, 0.15) is 58.9 Å². The van der Waals surface area contributed by atoms with Crippen molar-refractivity contribution in [3.63, 3.8) is 0 Å². The number of rotatable bonds is 9. The maximum absolute atomic E-state index is 12.6. The summed E-state index contributed by atoms with van der Waals surface area (Å²) < 4.78 is 5.47. The largest absolute Gasteiger partial charge is 0.481 e. The molecule has 1 aromatic heterocycles. The molecule has 1 N–H and O–H groups in total. The third kappa shape index (κ3) is 7.96. The summed E-state index contributed by atoms with van der Waals surface area (Å²) in [5.41, 5.74) is 0.266. The van der Waals surface area contributed by atoms with Crippen molar-refractivity contribution >= 4 is 18.0 Å². The predicted octanol–water partition coefficient (Wildman–Crippen LogP) is 4.33. The zero-order chi connectivity index (χ0) is 18.9. The lowest BCUT2D eigenvalue weighted by molar-refractivity contribution is -0.166. The predicted molar refractivity (Wildman–Crippen MR) is 97.9 cm³/mol. The average Bonchev–Trinajstić information content (AvgIpc) is 2.52. The van der Waals surface area contributed by atoms with Gasteiger partial charge in [-0.2, -0.15) is 0 Å². The molecular weight excluding hydrogens is 318 g/mol. The summed E-state index contributed by atoms with van der Waals surface area (Å²) in [4.78, 5) is 28.3. The van der Waals surface area contributed by atoms with Crippen LogP contribution in [0.25, 0.3) is 6.08 Å². The highest BCUT2D eigenvalue weighted by Crippen LogP contribution is 2.26. The van der Waals surface area contributed by atoms with Crippen molar-refractivity contribution in [2.75, 3.05) is 0 Å². The first-order chi connectivity index (χ1) is 11.7. The minimum absolute atomic E-state index is 0.324. The maximum atomic E-state index is 12.6. The van der Waals surface area contributed by atoms with Crippen molar-refractivity contribution < 1.29 is 19.4 Å². The van der Waals surface area contributed by atoms with E-state index >= 15 is 0 Å². The highest BCUT2D eigenvalue weighted by molar-refractivity contribution is 5.81. The second-order valence-electron chi connectivity index (χ2n) is 7.15. The molecule has 5 nitrogen and oxygen atoms in total. The summed E-state index contributed by atoms with van der Waals surface area (Å²) in [5, 5.41) is 9.59. The lowest BCUT2D eigenvalue weighted by atomic mass is 9.85. The molecule has 0 radical (unpaired) electrons. The zero-order valence-electron chi connectivity index (χ0n) is 15.6. The summed E-state index contributed by atoms with van der Waals surface area (Å²) in [6.07, 6.45) is 9.52. The van der Waals surface area contributed by atoms with Gasteiger partial charge in [0.1, 0.15) is 5.60 Å². The summed E-state index contributed by atoms with van der Waals surface area (Å²) in [6, 6.07) is 3.73. The molecule has 0 saturated heterocycles. The number of allylic oxidation sites excluding steroid dienone is 1. The average molecular weight is 347 g/mol. The van der Waals surface area contributed by atoms with E-state index in [2.05, 4.69) is 4.98 Å². The smallest absolute Gasteiger partial charge is 0.310 e. The Labute approximate surface area is 150 Å². The lowest BCUT2D eigenvalue weighted by Gasteiger charge is -2.26. The first-order valence-corrected chi connectivity index (χ1v) is 8.77. The van der Waals surface area contributed by atoms with Crippen LogP contribution in [-0.2, 0) is 14.3 Å². The number of nitrogens with zero attached hydrogens (tertiary/aromatic N) is 1. The molecular formula is C20H29NO4. The van der Waals surface area contributed by atoms with Crippen LogP contribution in [0.3, 0.4) is 0 Å². The fourth-order valence-electron chi connectivity index (χ4n) is 2.55. The Morgan fingerprint density at radius 2 is 2.04 bits per heavy atom. The van der Waals surface area contributed by atoms with Gasteiger partial charge >= 0.3 is 11.9 Å². The van der Waals surface area contributed by atoms with E-state index in [0.717, 1.165) is 18.4 Å². The van der Waals surface area contributed by atoms with Gasteiger partial charge in [-0.1, -0.05) is 38.0 Å². The summed E-state index contributed by atoms with van der Waals surface area (Å²) in [6.45, 7) is 7.36. The number of carbonyl (C=O) groups is 2.